The highest BCUT2D eigenvalue weighted by Gasteiger charge is 2.27. The van der Waals surface area contributed by atoms with Gasteiger partial charge in [0.1, 0.15) is 11.3 Å². The lowest BCUT2D eigenvalue weighted by Gasteiger charge is -2.33. The molecule has 1 fully saturated rings. The number of rotatable bonds is 11. The summed E-state index contributed by atoms with van der Waals surface area (Å²) in [5, 5.41) is 3.38. The number of hydrogen-bond donors (Lipinski definition) is 2. The van der Waals surface area contributed by atoms with Gasteiger partial charge in [-0.25, -0.2) is 0 Å². The number of benzene rings is 2. The molecule has 35 heavy (non-hydrogen) atoms. The highest BCUT2D eigenvalue weighted by atomic mass is 19.1. The van der Waals surface area contributed by atoms with E-state index in [4.69, 9.17) is 29.3 Å². The first kappa shape index (κ1) is 24.6. The molecule has 1 aliphatic heterocycles. The summed E-state index contributed by atoms with van der Waals surface area (Å²) in [6.07, 6.45) is 1.81. The number of hydrogen-bond acceptors (Lipinski definition) is 8. The van der Waals surface area contributed by atoms with Gasteiger partial charge >= 0.3 is 0 Å². The van der Waals surface area contributed by atoms with Crippen LogP contribution in [0.25, 0.3) is 11.1 Å². The summed E-state index contributed by atoms with van der Waals surface area (Å²) in [5.74, 6) is -0.262. The highest BCUT2D eigenvalue weighted by molar-refractivity contribution is 5.77. The number of piperidine rings is 1. The van der Waals surface area contributed by atoms with Crippen molar-refractivity contribution >= 4 is 23.0 Å². The molecule has 9 nitrogen and oxygen atoms in total. The van der Waals surface area contributed by atoms with Crippen molar-refractivity contribution in [3.8, 4) is 17.2 Å². The SMILES string of the molecule is CCOc1cc(CN(c2nc3cc(OCC(N)=O)ccc3o2)C2CCNCC2)cc(OCC)c1F. The maximum atomic E-state index is 14.8. The number of nitrogens with one attached hydrogen (secondary N) is 1. The molecule has 0 radical (unpaired) electrons. The van der Waals surface area contributed by atoms with Gasteiger partial charge in [-0.1, -0.05) is 0 Å². The van der Waals surface area contributed by atoms with Crippen molar-refractivity contribution in [3.63, 3.8) is 0 Å². The van der Waals surface area contributed by atoms with E-state index >= 15 is 0 Å². The van der Waals surface area contributed by atoms with Crippen molar-refractivity contribution in [2.45, 2.75) is 39.3 Å². The number of nitrogens with zero attached hydrogens (tertiary/aromatic N) is 2. The number of ether oxygens (including phenoxy) is 3. The molecule has 0 spiro atoms. The molecule has 0 atom stereocenters. The molecule has 0 bridgehead atoms. The van der Waals surface area contributed by atoms with Crippen LogP contribution in [0.4, 0.5) is 10.4 Å². The number of nitrogens with two attached hydrogens (primary N) is 1. The van der Waals surface area contributed by atoms with Crippen molar-refractivity contribution in [2.24, 2.45) is 5.73 Å². The van der Waals surface area contributed by atoms with Crippen LogP contribution < -0.4 is 30.2 Å². The van der Waals surface area contributed by atoms with Crippen molar-refractivity contribution in [2.75, 3.05) is 37.8 Å². The number of primary amides is 1. The number of anilines is 1. The maximum Gasteiger partial charge on any atom is 0.298 e. The van der Waals surface area contributed by atoms with Gasteiger partial charge < -0.3 is 34.6 Å². The number of carbonyl (C=O) groups excluding carboxylic acids is 1. The smallest absolute Gasteiger partial charge is 0.298 e. The Morgan fingerprint density at radius 1 is 1.14 bits per heavy atom. The summed E-state index contributed by atoms with van der Waals surface area (Å²) in [6.45, 7) is 6.29. The second kappa shape index (κ2) is 11.3. The number of amides is 1. The van der Waals surface area contributed by atoms with E-state index in [9.17, 15) is 9.18 Å². The second-order valence-electron chi connectivity index (χ2n) is 8.26. The Labute approximate surface area is 203 Å². The fourth-order valence-corrected chi connectivity index (χ4v) is 4.17. The third kappa shape index (κ3) is 5.94. The van der Waals surface area contributed by atoms with Gasteiger partial charge in [0.2, 0.25) is 5.82 Å². The van der Waals surface area contributed by atoms with E-state index in [2.05, 4.69) is 10.2 Å². The number of halogens is 1. The van der Waals surface area contributed by atoms with Crippen molar-refractivity contribution in [3.05, 3.63) is 41.7 Å². The largest absolute Gasteiger partial charge is 0.491 e. The van der Waals surface area contributed by atoms with Crippen molar-refractivity contribution in [1.29, 1.82) is 0 Å². The summed E-state index contributed by atoms with van der Waals surface area (Å²) in [4.78, 5) is 17.9. The molecule has 0 unspecified atom stereocenters. The summed E-state index contributed by atoms with van der Waals surface area (Å²) in [6, 6.07) is 9.20. The van der Waals surface area contributed by atoms with E-state index in [1.807, 2.05) is 13.8 Å². The molecule has 3 N–H and O–H groups in total. The monoisotopic (exact) mass is 486 g/mol. The van der Waals surface area contributed by atoms with Crippen LogP contribution in [0.15, 0.2) is 34.7 Å². The molecule has 2 heterocycles. The predicted octanol–water partition coefficient (Wildman–Crippen LogP) is 3.39. The molecule has 188 valence electrons. The molecular formula is C25H31FN4O5. The first-order chi connectivity index (χ1) is 17.0. The minimum absolute atomic E-state index is 0.160. The Morgan fingerprint density at radius 2 is 1.83 bits per heavy atom. The first-order valence-corrected chi connectivity index (χ1v) is 11.9. The van der Waals surface area contributed by atoms with Gasteiger partial charge in [-0.3, -0.25) is 4.79 Å². The van der Waals surface area contributed by atoms with Crippen LogP contribution in [-0.2, 0) is 11.3 Å². The molecule has 1 aliphatic rings. The van der Waals surface area contributed by atoms with E-state index in [0.29, 0.717) is 42.6 Å². The van der Waals surface area contributed by atoms with Gasteiger partial charge in [-0.05, 0) is 69.6 Å². The van der Waals surface area contributed by atoms with E-state index < -0.39 is 11.7 Å². The Kier molecular flexibility index (Phi) is 7.91. The molecule has 0 saturated carbocycles. The number of fused-ring (bicyclic) bond motifs is 1. The summed E-state index contributed by atoms with van der Waals surface area (Å²) in [7, 11) is 0. The van der Waals surface area contributed by atoms with E-state index in [-0.39, 0.29) is 24.1 Å². The van der Waals surface area contributed by atoms with Gasteiger partial charge in [0, 0.05) is 18.7 Å². The normalized spacial score (nSPS) is 14.1. The predicted molar refractivity (Wildman–Crippen MR) is 130 cm³/mol. The highest BCUT2D eigenvalue weighted by Crippen LogP contribution is 2.33. The van der Waals surface area contributed by atoms with Crippen LogP contribution in [0.3, 0.4) is 0 Å². The molecule has 1 aromatic heterocycles. The zero-order valence-corrected chi connectivity index (χ0v) is 20.0. The average Bonchev–Trinajstić information content (AvgIpc) is 3.28. The van der Waals surface area contributed by atoms with Gasteiger partial charge in [0.25, 0.3) is 11.9 Å². The van der Waals surface area contributed by atoms with E-state index in [1.165, 1.54) is 0 Å². The minimum atomic E-state index is -0.555. The number of aromatic nitrogens is 1. The molecule has 3 aromatic rings. The summed E-state index contributed by atoms with van der Waals surface area (Å²) >= 11 is 0. The third-order valence-corrected chi connectivity index (χ3v) is 5.74. The lowest BCUT2D eigenvalue weighted by molar-refractivity contribution is -0.119. The fourth-order valence-electron chi connectivity index (χ4n) is 4.17. The average molecular weight is 487 g/mol. The lowest BCUT2D eigenvalue weighted by atomic mass is 10.0. The molecule has 2 aromatic carbocycles. The van der Waals surface area contributed by atoms with Crippen LogP contribution in [0, 0.1) is 5.82 Å². The molecular weight excluding hydrogens is 455 g/mol. The number of carbonyl (C=O) groups is 1. The van der Waals surface area contributed by atoms with E-state index in [1.54, 1.807) is 30.3 Å². The topological polar surface area (TPSA) is 112 Å². The quantitative estimate of drug-likeness (QED) is 0.424. The molecule has 1 saturated heterocycles. The minimum Gasteiger partial charge on any atom is -0.491 e. The van der Waals surface area contributed by atoms with Crippen LogP contribution in [0.5, 0.6) is 17.2 Å². The lowest BCUT2D eigenvalue weighted by Crippen LogP contribution is -2.43. The zero-order valence-electron chi connectivity index (χ0n) is 20.0. The van der Waals surface area contributed by atoms with Gasteiger partial charge in [0.15, 0.2) is 23.7 Å². The summed E-state index contributed by atoms with van der Waals surface area (Å²) < 4.78 is 37.4. The Morgan fingerprint density at radius 3 is 2.46 bits per heavy atom. The maximum absolute atomic E-state index is 14.8. The fraction of sp³-hybridized carbons (Fsp3) is 0.440. The Bertz CT molecular complexity index is 1130. The standard InChI is InChI=1S/C25H31FN4O5/c1-3-32-21-11-16(12-22(24(21)26)33-4-2)14-30(17-7-9-28-10-8-17)25-29-19-13-18(34-15-23(27)31)5-6-20(19)35-25/h5-6,11-13,17,28H,3-4,7-10,14-15H2,1-2H3,(H2,27,31). The number of oxazole rings is 1. The Hall–Kier alpha value is -3.53. The van der Waals surface area contributed by atoms with E-state index in [0.717, 1.165) is 31.5 Å². The molecule has 1 amide bonds. The molecule has 0 aliphatic carbocycles. The zero-order chi connectivity index (χ0) is 24.8. The van der Waals surface area contributed by atoms with Gasteiger partial charge in [-0.15, -0.1) is 0 Å². The van der Waals surface area contributed by atoms with Gasteiger partial charge in [0.05, 0.1) is 13.2 Å². The first-order valence-electron chi connectivity index (χ1n) is 11.9. The Balaban J connectivity index is 1.68. The van der Waals surface area contributed by atoms with Crippen LogP contribution in [0.1, 0.15) is 32.3 Å². The molecule has 4 rings (SSSR count). The van der Waals surface area contributed by atoms with Gasteiger partial charge in [-0.2, -0.15) is 9.37 Å². The second-order valence-corrected chi connectivity index (χ2v) is 8.26. The van der Waals surface area contributed by atoms with Crippen LogP contribution >= 0.6 is 0 Å². The molecule has 10 heteroatoms. The third-order valence-electron chi connectivity index (χ3n) is 5.74. The van der Waals surface area contributed by atoms with Crippen LogP contribution in [-0.4, -0.2) is 49.8 Å². The summed E-state index contributed by atoms with van der Waals surface area (Å²) in [5.41, 5.74) is 7.19. The van der Waals surface area contributed by atoms with Crippen molar-refractivity contribution < 1.29 is 27.8 Å². The van der Waals surface area contributed by atoms with Crippen LogP contribution in [0.2, 0.25) is 0 Å². The van der Waals surface area contributed by atoms with Crippen molar-refractivity contribution in [1.82, 2.24) is 10.3 Å².